The third kappa shape index (κ3) is 2.67. The van der Waals surface area contributed by atoms with Crippen LogP contribution in [0.5, 0.6) is 0 Å². The molecule has 0 radical (unpaired) electrons. The summed E-state index contributed by atoms with van der Waals surface area (Å²) in [4.78, 5) is 13.7. The van der Waals surface area contributed by atoms with Gasteiger partial charge in [0, 0.05) is 18.8 Å². The van der Waals surface area contributed by atoms with Crippen molar-refractivity contribution in [1.29, 1.82) is 0 Å². The fraction of sp³-hybridized carbons (Fsp3) is 0.462. The summed E-state index contributed by atoms with van der Waals surface area (Å²) in [6.45, 7) is 6.85. The minimum atomic E-state index is -0.490. The van der Waals surface area contributed by atoms with Gasteiger partial charge in [-0.15, -0.1) is 0 Å². The van der Waals surface area contributed by atoms with Crippen molar-refractivity contribution in [1.82, 2.24) is 0 Å². The smallest absolute Gasteiger partial charge is 0.414 e. The molecule has 0 aromatic heterocycles. The summed E-state index contributed by atoms with van der Waals surface area (Å²) in [6.07, 6.45) is -0.324. The summed E-state index contributed by atoms with van der Waals surface area (Å²) in [7, 11) is 0. The Kier molecular flexibility index (Phi) is 3.07. The minimum absolute atomic E-state index is 0.324. The van der Waals surface area contributed by atoms with Gasteiger partial charge in [-0.2, -0.15) is 0 Å². The Balaban J connectivity index is 2.25. The third-order valence-corrected chi connectivity index (χ3v) is 2.58. The van der Waals surface area contributed by atoms with Gasteiger partial charge in [-0.3, -0.25) is 4.90 Å². The van der Waals surface area contributed by atoms with E-state index in [2.05, 4.69) is 5.32 Å². The zero-order chi connectivity index (χ0) is 13.3. The normalized spacial score (nSPS) is 14.7. The Morgan fingerprint density at radius 2 is 2.17 bits per heavy atom. The second-order valence-corrected chi connectivity index (χ2v) is 5.34. The number of carbonyl (C=O) groups excluding carboxylic acids is 1. The number of benzene rings is 1. The lowest BCUT2D eigenvalue weighted by Crippen LogP contribution is -2.42. The first-order valence-electron chi connectivity index (χ1n) is 6.01. The summed E-state index contributed by atoms with van der Waals surface area (Å²) >= 11 is 0. The fourth-order valence-electron chi connectivity index (χ4n) is 1.86. The van der Waals surface area contributed by atoms with Crippen LogP contribution in [0.3, 0.4) is 0 Å². The van der Waals surface area contributed by atoms with Crippen LogP contribution in [-0.2, 0) is 4.74 Å². The van der Waals surface area contributed by atoms with Crippen LogP contribution in [-0.4, -0.2) is 24.8 Å². The highest BCUT2D eigenvalue weighted by Crippen LogP contribution is 2.31. The first-order valence-corrected chi connectivity index (χ1v) is 6.01. The molecular formula is C13H19N3O2. The number of hydrogen-bond acceptors (Lipinski definition) is 4. The van der Waals surface area contributed by atoms with Crippen molar-refractivity contribution < 1.29 is 9.53 Å². The number of nitrogens with two attached hydrogens (primary N) is 1. The van der Waals surface area contributed by atoms with E-state index in [-0.39, 0.29) is 6.09 Å². The second-order valence-electron chi connectivity index (χ2n) is 5.34. The van der Waals surface area contributed by atoms with E-state index < -0.39 is 5.60 Å². The van der Waals surface area contributed by atoms with Crippen LogP contribution in [0.25, 0.3) is 0 Å². The van der Waals surface area contributed by atoms with Gasteiger partial charge < -0.3 is 15.8 Å². The number of nitrogens with zero attached hydrogens (tertiary/aromatic N) is 1. The monoisotopic (exact) mass is 249 g/mol. The zero-order valence-electron chi connectivity index (χ0n) is 11.0. The van der Waals surface area contributed by atoms with E-state index in [4.69, 9.17) is 10.5 Å². The largest absolute Gasteiger partial charge is 0.443 e. The van der Waals surface area contributed by atoms with Crippen molar-refractivity contribution in [3.05, 3.63) is 18.2 Å². The molecule has 2 rings (SSSR count). The molecule has 0 bridgehead atoms. The molecule has 0 spiro atoms. The van der Waals surface area contributed by atoms with Gasteiger partial charge in [0.15, 0.2) is 0 Å². The maximum absolute atomic E-state index is 12.1. The average molecular weight is 249 g/mol. The molecule has 1 aliphatic rings. The minimum Gasteiger partial charge on any atom is -0.443 e. The quantitative estimate of drug-likeness (QED) is 0.693. The van der Waals surface area contributed by atoms with Crippen LogP contribution in [0.1, 0.15) is 20.8 Å². The Hall–Kier alpha value is -1.91. The molecule has 0 saturated heterocycles. The number of fused-ring (bicyclic) bond motifs is 1. The van der Waals surface area contributed by atoms with Crippen LogP contribution in [0, 0.1) is 0 Å². The van der Waals surface area contributed by atoms with Crippen molar-refractivity contribution in [2.24, 2.45) is 0 Å². The maximum atomic E-state index is 12.1. The van der Waals surface area contributed by atoms with E-state index in [1.807, 2.05) is 32.9 Å². The Morgan fingerprint density at radius 1 is 1.44 bits per heavy atom. The Bertz CT molecular complexity index is 466. The topological polar surface area (TPSA) is 67.6 Å². The standard InChI is InChI=1S/C13H19N3O2/c1-13(2,3)18-12(17)16-7-6-15-10-8-9(14)4-5-11(10)16/h4-5,8,15H,6-7,14H2,1-3H3. The van der Waals surface area contributed by atoms with E-state index in [0.29, 0.717) is 18.8 Å². The van der Waals surface area contributed by atoms with Gasteiger partial charge in [0.25, 0.3) is 0 Å². The van der Waals surface area contributed by atoms with E-state index in [1.54, 1.807) is 11.0 Å². The van der Waals surface area contributed by atoms with Crippen molar-refractivity contribution in [3.63, 3.8) is 0 Å². The molecule has 5 heteroatoms. The van der Waals surface area contributed by atoms with Crippen molar-refractivity contribution in [2.75, 3.05) is 29.0 Å². The van der Waals surface area contributed by atoms with E-state index >= 15 is 0 Å². The molecule has 0 atom stereocenters. The molecular weight excluding hydrogens is 230 g/mol. The molecule has 5 nitrogen and oxygen atoms in total. The Labute approximate surface area is 107 Å². The SMILES string of the molecule is CC(C)(C)OC(=O)N1CCNc2cc(N)ccc21. The zero-order valence-corrected chi connectivity index (χ0v) is 11.0. The maximum Gasteiger partial charge on any atom is 0.414 e. The number of carbonyl (C=O) groups is 1. The molecule has 0 saturated carbocycles. The predicted octanol–water partition coefficient (Wildman–Crippen LogP) is 2.44. The first kappa shape index (κ1) is 12.5. The number of rotatable bonds is 0. The van der Waals surface area contributed by atoms with Crippen LogP contribution in [0.2, 0.25) is 0 Å². The van der Waals surface area contributed by atoms with Gasteiger partial charge in [0.05, 0.1) is 11.4 Å². The average Bonchev–Trinajstić information content (AvgIpc) is 2.25. The first-order chi connectivity index (χ1) is 8.37. The lowest BCUT2D eigenvalue weighted by Gasteiger charge is -2.32. The number of nitrogen functional groups attached to an aromatic ring is 1. The fourth-order valence-corrected chi connectivity index (χ4v) is 1.86. The summed E-state index contributed by atoms with van der Waals surface area (Å²) in [5, 5.41) is 3.22. The number of anilines is 3. The van der Waals surface area contributed by atoms with Gasteiger partial charge >= 0.3 is 6.09 Å². The molecule has 0 fully saturated rings. The highest BCUT2D eigenvalue weighted by molar-refractivity contribution is 5.94. The van der Waals surface area contributed by atoms with Crippen molar-refractivity contribution in [2.45, 2.75) is 26.4 Å². The molecule has 1 aromatic rings. The highest BCUT2D eigenvalue weighted by atomic mass is 16.6. The van der Waals surface area contributed by atoms with Crippen molar-refractivity contribution >= 4 is 23.2 Å². The number of amides is 1. The third-order valence-electron chi connectivity index (χ3n) is 2.58. The predicted molar refractivity (Wildman–Crippen MR) is 72.9 cm³/mol. The summed E-state index contributed by atoms with van der Waals surface area (Å²) in [5.74, 6) is 0. The number of ether oxygens (including phenoxy) is 1. The lowest BCUT2D eigenvalue weighted by molar-refractivity contribution is 0.0581. The second kappa shape index (κ2) is 4.40. The Morgan fingerprint density at radius 3 is 2.83 bits per heavy atom. The lowest BCUT2D eigenvalue weighted by atomic mass is 10.2. The van der Waals surface area contributed by atoms with Crippen LogP contribution in [0.15, 0.2) is 18.2 Å². The summed E-state index contributed by atoms with van der Waals surface area (Å²) < 4.78 is 5.39. The number of nitrogens with one attached hydrogen (secondary N) is 1. The molecule has 1 amide bonds. The number of hydrogen-bond donors (Lipinski definition) is 2. The van der Waals surface area contributed by atoms with Gasteiger partial charge in [-0.25, -0.2) is 4.79 Å². The van der Waals surface area contributed by atoms with Gasteiger partial charge in [0.2, 0.25) is 0 Å². The molecule has 0 unspecified atom stereocenters. The molecule has 18 heavy (non-hydrogen) atoms. The van der Waals surface area contributed by atoms with Crippen LogP contribution < -0.4 is 16.0 Å². The molecule has 1 heterocycles. The summed E-state index contributed by atoms with van der Waals surface area (Å²) in [5.41, 5.74) is 7.59. The van der Waals surface area contributed by atoms with E-state index in [1.165, 1.54) is 0 Å². The highest BCUT2D eigenvalue weighted by Gasteiger charge is 2.27. The molecule has 1 aliphatic heterocycles. The molecule has 3 N–H and O–H groups in total. The van der Waals surface area contributed by atoms with Gasteiger partial charge in [-0.1, -0.05) is 0 Å². The molecule has 98 valence electrons. The van der Waals surface area contributed by atoms with Gasteiger partial charge in [0.1, 0.15) is 5.60 Å². The van der Waals surface area contributed by atoms with Crippen molar-refractivity contribution in [3.8, 4) is 0 Å². The van der Waals surface area contributed by atoms with Gasteiger partial charge in [-0.05, 0) is 39.0 Å². The van der Waals surface area contributed by atoms with Crippen LogP contribution in [0.4, 0.5) is 21.9 Å². The molecule has 1 aromatic carbocycles. The molecule has 0 aliphatic carbocycles. The summed E-state index contributed by atoms with van der Waals surface area (Å²) in [6, 6.07) is 5.44. The van der Waals surface area contributed by atoms with Crippen LogP contribution >= 0.6 is 0 Å². The van der Waals surface area contributed by atoms with E-state index in [9.17, 15) is 4.79 Å². The van der Waals surface area contributed by atoms with E-state index in [0.717, 1.165) is 11.4 Å².